The average Bonchev–Trinajstić information content (AvgIpc) is 2.63. The largest absolute Gasteiger partial charge is 0.344 e. The highest BCUT2D eigenvalue weighted by Gasteiger charge is 2.17. The molecule has 3 rings (SSSR count). The molecule has 1 N–H and O–H groups in total. The molecule has 0 spiro atoms. The van der Waals surface area contributed by atoms with Gasteiger partial charge in [0, 0.05) is 12.3 Å². The third-order valence-corrected chi connectivity index (χ3v) is 3.65. The Hall–Kier alpha value is -3.21. The molecule has 0 aliphatic rings. The van der Waals surface area contributed by atoms with Crippen molar-refractivity contribution < 1.29 is 4.79 Å². The summed E-state index contributed by atoms with van der Waals surface area (Å²) < 4.78 is 1.14. The Balaban J connectivity index is 1.83. The monoisotopic (exact) mass is 319 g/mol. The lowest BCUT2D eigenvalue weighted by Gasteiger charge is -2.20. The van der Waals surface area contributed by atoms with E-state index in [2.05, 4.69) is 10.4 Å². The summed E-state index contributed by atoms with van der Waals surface area (Å²) in [7, 11) is 0. The summed E-state index contributed by atoms with van der Waals surface area (Å²) in [5, 5.41) is 6.90. The molecule has 2 aromatic carbocycles. The van der Waals surface area contributed by atoms with Gasteiger partial charge in [-0.25, -0.2) is 4.68 Å². The fraction of sp³-hybridized carbons (Fsp3) is 0.105. The normalized spacial score (nSPS) is 10.5. The average molecular weight is 319 g/mol. The van der Waals surface area contributed by atoms with Crippen LogP contribution in [0.15, 0.2) is 83.8 Å². The minimum absolute atomic E-state index is 0.115. The van der Waals surface area contributed by atoms with Crippen LogP contribution in [0.1, 0.15) is 17.2 Å². The van der Waals surface area contributed by atoms with Gasteiger partial charge >= 0.3 is 0 Å². The first-order valence-electron chi connectivity index (χ1n) is 7.65. The molecule has 0 saturated heterocycles. The lowest BCUT2D eigenvalue weighted by molar-refractivity contribution is -0.122. The number of hydrogen-bond donors (Lipinski definition) is 1. The molecule has 5 nitrogen and oxygen atoms in total. The van der Waals surface area contributed by atoms with Crippen molar-refractivity contribution in [2.24, 2.45) is 0 Å². The van der Waals surface area contributed by atoms with Crippen molar-refractivity contribution in [1.29, 1.82) is 0 Å². The molecule has 0 unspecified atom stereocenters. The van der Waals surface area contributed by atoms with Crippen molar-refractivity contribution in [3.05, 3.63) is 100 Å². The molecule has 0 aliphatic heterocycles. The van der Waals surface area contributed by atoms with Crippen molar-refractivity contribution in [1.82, 2.24) is 15.1 Å². The highest BCUT2D eigenvalue weighted by atomic mass is 16.2. The van der Waals surface area contributed by atoms with Gasteiger partial charge in [0.25, 0.3) is 5.56 Å². The van der Waals surface area contributed by atoms with E-state index in [0.29, 0.717) is 0 Å². The lowest BCUT2D eigenvalue weighted by atomic mass is 9.99. The van der Waals surface area contributed by atoms with Gasteiger partial charge in [0.1, 0.15) is 6.54 Å². The van der Waals surface area contributed by atoms with Crippen LogP contribution in [0.3, 0.4) is 0 Å². The maximum atomic E-state index is 12.4. The van der Waals surface area contributed by atoms with E-state index in [4.69, 9.17) is 0 Å². The van der Waals surface area contributed by atoms with Crippen molar-refractivity contribution in [3.63, 3.8) is 0 Å². The number of amides is 1. The van der Waals surface area contributed by atoms with Gasteiger partial charge in [-0.05, 0) is 17.2 Å². The molecular weight excluding hydrogens is 302 g/mol. The Morgan fingerprint density at radius 3 is 2.04 bits per heavy atom. The summed E-state index contributed by atoms with van der Waals surface area (Å²) in [5.41, 5.74) is 1.65. The summed E-state index contributed by atoms with van der Waals surface area (Å²) in [6, 6.07) is 22.1. The SMILES string of the molecule is O=C(Cn1ncccc1=O)NC(c1ccccc1)c1ccccc1. The number of hydrogen-bond acceptors (Lipinski definition) is 3. The van der Waals surface area contributed by atoms with Crippen LogP contribution in [0, 0.1) is 0 Å². The van der Waals surface area contributed by atoms with E-state index in [1.165, 1.54) is 12.3 Å². The molecule has 24 heavy (non-hydrogen) atoms. The van der Waals surface area contributed by atoms with Crippen LogP contribution in [0.2, 0.25) is 0 Å². The second-order valence-corrected chi connectivity index (χ2v) is 5.34. The molecule has 120 valence electrons. The third kappa shape index (κ3) is 3.76. The molecule has 0 bridgehead atoms. The van der Waals surface area contributed by atoms with E-state index < -0.39 is 0 Å². The van der Waals surface area contributed by atoms with Crippen LogP contribution in [-0.4, -0.2) is 15.7 Å². The zero-order valence-corrected chi connectivity index (χ0v) is 13.0. The summed E-state index contributed by atoms with van der Waals surface area (Å²) in [4.78, 5) is 24.1. The van der Waals surface area contributed by atoms with Gasteiger partial charge in [0.2, 0.25) is 5.91 Å². The van der Waals surface area contributed by atoms with Crippen molar-refractivity contribution in [2.45, 2.75) is 12.6 Å². The van der Waals surface area contributed by atoms with Gasteiger partial charge < -0.3 is 5.32 Å². The smallest absolute Gasteiger partial charge is 0.267 e. The molecule has 5 heteroatoms. The van der Waals surface area contributed by atoms with E-state index >= 15 is 0 Å². The highest BCUT2D eigenvalue weighted by molar-refractivity contribution is 5.76. The fourth-order valence-corrected chi connectivity index (χ4v) is 2.50. The zero-order valence-electron chi connectivity index (χ0n) is 13.0. The second-order valence-electron chi connectivity index (χ2n) is 5.34. The van der Waals surface area contributed by atoms with Crippen molar-refractivity contribution in [2.75, 3.05) is 0 Å². The summed E-state index contributed by atoms with van der Waals surface area (Å²) in [6.45, 7) is -0.115. The number of nitrogens with zero attached hydrogens (tertiary/aromatic N) is 2. The first kappa shape index (κ1) is 15.7. The molecule has 0 fully saturated rings. The minimum atomic E-state index is -0.302. The van der Waals surface area contributed by atoms with Gasteiger partial charge in [-0.3, -0.25) is 9.59 Å². The minimum Gasteiger partial charge on any atom is -0.344 e. The number of aromatic nitrogens is 2. The van der Waals surface area contributed by atoms with E-state index in [1.807, 2.05) is 60.7 Å². The van der Waals surface area contributed by atoms with Crippen molar-refractivity contribution >= 4 is 5.91 Å². The van der Waals surface area contributed by atoms with Crippen LogP contribution in [0.25, 0.3) is 0 Å². The lowest BCUT2D eigenvalue weighted by Crippen LogP contribution is -2.35. The zero-order chi connectivity index (χ0) is 16.8. The van der Waals surface area contributed by atoms with Gasteiger partial charge in [0.15, 0.2) is 0 Å². The molecule has 0 aliphatic carbocycles. The van der Waals surface area contributed by atoms with Gasteiger partial charge in [-0.1, -0.05) is 60.7 Å². The van der Waals surface area contributed by atoms with E-state index in [0.717, 1.165) is 15.8 Å². The number of carbonyl (C=O) groups excluding carboxylic acids is 1. The number of nitrogens with one attached hydrogen (secondary N) is 1. The molecule has 3 aromatic rings. The third-order valence-electron chi connectivity index (χ3n) is 3.65. The quantitative estimate of drug-likeness (QED) is 0.784. The maximum Gasteiger partial charge on any atom is 0.267 e. The van der Waals surface area contributed by atoms with Crippen molar-refractivity contribution in [3.8, 4) is 0 Å². The van der Waals surface area contributed by atoms with Crippen LogP contribution in [0.4, 0.5) is 0 Å². The van der Waals surface area contributed by atoms with Gasteiger partial charge in [-0.2, -0.15) is 5.10 Å². The molecule has 1 heterocycles. The van der Waals surface area contributed by atoms with Crippen LogP contribution >= 0.6 is 0 Å². The fourth-order valence-electron chi connectivity index (χ4n) is 2.50. The first-order valence-corrected chi connectivity index (χ1v) is 7.65. The van der Waals surface area contributed by atoms with Crippen LogP contribution in [-0.2, 0) is 11.3 Å². The first-order chi connectivity index (χ1) is 11.7. The molecule has 1 amide bonds. The summed E-state index contributed by atoms with van der Waals surface area (Å²) in [5.74, 6) is -0.270. The molecule has 0 radical (unpaired) electrons. The highest BCUT2D eigenvalue weighted by Crippen LogP contribution is 2.21. The predicted octanol–water partition coefficient (Wildman–Crippen LogP) is 2.15. The number of benzene rings is 2. The predicted molar refractivity (Wildman–Crippen MR) is 91.4 cm³/mol. The van der Waals surface area contributed by atoms with Crippen LogP contribution < -0.4 is 10.9 Å². The van der Waals surface area contributed by atoms with Gasteiger partial charge in [0.05, 0.1) is 6.04 Å². The second kappa shape index (κ2) is 7.37. The molecule has 0 saturated carbocycles. The van der Waals surface area contributed by atoms with E-state index in [9.17, 15) is 9.59 Å². The van der Waals surface area contributed by atoms with E-state index in [1.54, 1.807) is 6.07 Å². The van der Waals surface area contributed by atoms with Crippen LogP contribution in [0.5, 0.6) is 0 Å². The van der Waals surface area contributed by atoms with E-state index in [-0.39, 0.29) is 24.1 Å². The van der Waals surface area contributed by atoms with Gasteiger partial charge in [-0.15, -0.1) is 0 Å². The Kier molecular flexibility index (Phi) is 4.81. The molecule has 1 aromatic heterocycles. The molecular formula is C19H17N3O2. The number of carbonyl (C=O) groups is 1. The standard InChI is InChI=1S/C19H17N3O2/c23-17(14-22-18(24)12-7-13-20-22)21-19(15-8-3-1-4-9-15)16-10-5-2-6-11-16/h1-13,19H,14H2,(H,21,23). The Labute approximate surface area is 139 Å². The Morgan fingerprint density at radius 1 is 0.917 bits per heavy atom. The molecule has 0 atom stereocenters. The summed E-state index contributed by atoms with van der Waals surface area (Å²) in [6.07, 6.45) is 1.49. The summed E-state index contributed by atoms with van der Waals surface area (Å²) >= 11 is 0. The number of rotatable bonds is 5. The maximum absolute atomic E-state index is 12.4. The Morgan fingerprint density at radius 2 is 1.50 bits per heavy atom. The Bertz CT molecular complexity index is 821. The topological polar surface area (TPSA) is 64.0 Å².